The van der Waals surface area contributed by atoms with Crippen LogP contribution in [-0.4, -0.2) is 18.2 Å². The number of aromatic carboxylic acids is 1. The van der Waals surface area contributed by atoms with Gasteiger partial charge in [-0.1, -0.05) is 0 Å². The molecular weight excluding hydrogens is 194 g/mol. The van der Waals surface area contributed by atoms with Gasteiger partial charge in [-0.15, -0.1) is 0 Å². The predicted octanol–water partition coefficient (Wildman–Crippen LogP) is 1.98. The molecule has 1 N–H and O–H groups in total. The van der Waals surface area contributed by atoms with Crippen LogP contribution in [-0.2, 0) is 0 Å². The van der Waals surface area contributed by atoms with Gasteiger partial charge in [0.15, 0.2) is 11.6 Å². The second-order valence-corrected chi connectivity index (χ2v) is 2.68. The Balaban J connectivity index is 3.50. The van der Waals surface area contributed by atoms with Crippen molar-refractivity contribution in [2.45, 2.75) is 6.92 Å². The molecule has 0 aliphatic carbocycles. The summed E-state index contributed by atoms with van der Waals surface area (Å²) in [7, 11) is 1.15. The van der Waals surface area contributed by atoms with Crippen molar-refractivity contribution in [2.24, 2.45) is 0 Å². The zero-order valence-electron chi connectivity index (χ0n) is 7.60. The minimum Gasteiger partial charge on any atom is -0.493 e. The highest BCUT2D eigenvalue weighted by Crippen LogP contribution is 2.27. The van der Waals surface area contributed by atoms with Crippen LogP contribution in [0.25, 0.3) is 0 Å². The first kappa shape index (κ1) is 10.4. The van der Waals surface area contributed by atoms with Crippen LogP contribution in [0.3, 0.4) is 0 Å². The summed E-state index contributed by atoms with van der Waals surface area (Å²) >= 11 is 0. The second kappa shape index (κ2) is 3.61. The summed E-state index contributed by atoms with van der Waals surface area (Å²) in [5, 5.41) is 8.54. The van der Waals surface area contributed by atoms with Crippen LogP contribution in [0.4, 0.5) is 8.78 Å². The van der Waals surface area contributed by atoms with Gasteiger partial charge in [0.2, 0.25) is 0 Å². The molecule has 0 spiro atoms. The van der Waals surface area contributed by atoms with Gasteiger partial charge >= 0.3 is 5.97 Å². The molecule has 0 bridgehead atoms. The number of carboxylic acid groups (broad SMARTS) is 1. The van der Waals surface area contributed by atoms with E-state index in [0.29, 0.717) is 6.07 Å². The summed E-state index contributed by atoms with van der Waals surface area (Å²) < 4.78 is 30.9. The lowest BCUT2D eigenvalue weighted by Crippen LogP contribution is -2.05. The number of methoxy groups -OCH3 is 1. The molecule has 0 amide bonds. The maximum absolute atomic E-state index is 13.3. The van der Waals surface area contributed by atoms with E-state index in [4.69, 9.17) is 5.11 Å². The third kappa shape index (κ3) is 1.53. The Morgan fingerprint density at radius 3 is 2.50 bits per heavy atom. The molecule has 0 aliphatic rings. The lowest BCUT2D eigenvalue weighted by molar-refractivity contribution is 0.0690. The number of hydrogen-bond donors (Lipinski definition) is 1. The quantitative estimate of drug-likeness (QED) is 0.797. The molecule has 0 heterocycles. The number of ether oxygens (including phenoxy) is 1. The van der Waals surface area contributed by atoms with E-state index < -0.39 is 23.2 Å². The molecule has 0 aromatic heterocycles. The Morgan fingerprint density at radius 1 is 1.50 bits per heavy atom. The van der Waals surface area contributed by atoms with Crippen molar-refractivity contribution in [3.63, 3.8) is 0 Å². The van der Waals surface area contributed by atoms with E-state index in [1.54, 1.807) is 0 Å². The molecule has 14 heavy (non-hydrogen) atoms. The molecule has 5 heteroatoms. The van der Waals surface area contributed by atoms with Gasteiger partial charge in [-0.3, -0.25) is 0 Å². The fourth-order valence-corrected chi connectivity index (χ4v) is 1.09. The first-order chi connectivity index (χ1) is 6.49. The number of hydrogen-bond acceptors (Lipinski definition) is 2. The third-order valence-electron chi connectivity index (χ3n) is 1.84. The first-order valence-corrected chi connectivity index (χ1v) is 3.75. The molecule has 0 fully saturated rings. The smallest absolute Gasteiger partial charge is 0.338 e. The zero-order chi connectivity index (χ0) is 10.9. The normalized spacial score (nSPS) is 10.0. The molecule has 1 rings (SSSR count). The maximum atomic E-state index is 13.3. The molecule has 0 aliphatic heterocycles. The average molecular weight is 202 g/mol. The third-order valence-corrected chi connectivity index (χ3v) is 1.84. The van der Waals surface area contributed by atoms with Crippen LogP contribution in [0, 0.1) is 18.6 Å². The summed E-state index contributed by atoms with van der Waals surface area (Å²) in [6.45, 7) is 1.31. The average Bonchev–Trinajstić information content (AvgIpc) is 2.12. The van der Waals surface area contributed by atoms with Gasteiger partial charge in [0.1, 0.15) is 11.4 Å². The summed E-state index contributed by atoms with van der Waals surface area (Å²) in [5.74, 6) is -3.76. The summed E-state index contributed by atoms with van der Waals surface area (Å²) in [4.78, 5) is 10.5. The monoisotopic (exact) mass is 202 g/mol. The number of benzene rings is 1. The van der Waals surface area contributed by atoms with Crippen LogP contribution < -0.4 is 4.74 Å². The van der Waals surface area contributed by atoms with Crippen LogP contribution >= 0.6 is 0 Å². The molecule has 1 aromatic rings. The highest BCUT2D eigenvalue weighted by molar-refractivity contribution is 5.88. The molecule has 0 unspecified atom stereocenters. The topological polar surface area (TPSA) is 46.5 Å². The molecule has 0 radical (unpaired) electrons. The summed E-state index contributed by atoms with van der Waals surface area (Å²) in [6.07, 6.45) is 0. The van der Waals surface area contributed by atoms with Crippen molar-refractivity contribution in [3.8, 4) is 5.75 Å². The standard InChI is InChI=1S/C9H8F2O3/c1-4-6(10)3-5(9(12)13)7(11)8(4)14-2/h3H,1-2H3,(H,12,13). The van der Waals surface area contributed by atoms with Gasteiger partial charge in [0.25, 0.3) is 0 Å². The Labute approximate surface area is 78.9 Å². The van der Waals surface area contributed by atoms with Gasteiger partial charge in [-0.2, -0.15) is 0 Å². The van der Waals surface area contributed by atoms with Gasteiger partial charge < -0.3 is 9.84 Å². The van der Waals surface area contributed by atoms with Crippen molar-refractivity contribution in [3.05, 3.63) is 28.8 Å². The van der Waals surface area contributed by atoms with E-state index >= 15 is 0 Å². The minimum absolute atomic E-state index is 0.0463. The lowest BCUT2D eigenvalue weighted by Gasteiger charge is -2.08. The highest BCUT2D eigenvalue weighted by atomic mass is 19.1. The lowest BCUT2D eigenvalue weighted by atomic mass is 10.1. The number of carboxylic acids is 1. The molecular formula is C9H8F2O3. The maximum Gasteiger partial charge on any atom is 0.338 e. The van der Waals surface area contributed by atoms with E-state index in [9.17, 15) is 13.6 Å². The van der Waals surface area contributed by atoms with Crippen molar-refractivity contribution in [1.29, 1.82) is 0 Å². The minimum atomic E-state index is -1.53. The van der Waals surface area contributed by atoms with E-state index in [1.807, 2.05) is 0 Å². The SMILES string of the molecule is COc1c(C)c(F)cc(C(=O)O)c1F. The Kier molecular flexibility index (Phi) is 2.69. The molecule has 0 saturated heterocycles. The fraction of sp³-hybridized carbons (Fsp3) is 0.222. The van der Waals surface area contributed by atoms with E-state index in [2.05, 4.69) is 4.74 Å². The predicted molar refractivity (Wildman–Crippen MR) is 44.6 cm³/mol. The summed E-state index contributed by atoms with van der Waals surface area (Å²) in [5.41, 5.74) is -0.778. The van der Waals surface area contributed by atoms with Gasteiger partial charge in [-0.05, 0) is 13.0 Å². The van der Waals surface area contributed by atoms with Gasteiger partial charge in [0, 0.05) is 5.56 Å². The van der Waals surface area contributed by atoms with Gasteiger partial charge in [-0.25, -0.2) is 13.6 Å². The van der Waals surface area contributed by atoms with Crippen molar-refractivity contribution < 1.29 is 23.4 Å². The van der Waals surface area contributed by atoms with E-state index in [1.165, 1.54) is 6.92 Å². The number of halogens is 2. The second-order valence-electron chi connectivity index (χ2n) is 2.68. The van der Waals surface area contributed by atoms with Gasteiger partial charge in [0.05, 0.1) is 7.11 Å². The van der Waals surface area contributed by atoms with Crippen LogP contribution in [0.5, 0.6) is 5.75 Å². The largest absolute Gasteiger partial charge is 0.493 e. The summed E-state index contributed by atoms with van der Waals surface area (Å²) in [6, 6.07) is 0.634. The molecule has 0 atom stereocenters. The van der Waals surface area contributed by atoms with Crippen LogP contribution in [0.2, 0.25) is 0 Å². The van der Waals surface area contributed by atoms with E-state index in [-0.39, 0.29) is 11.3 Å². The Morgan fingerprint density at radius 2 is 2.07 bits per heavy atom. The van der Waals surface area contributed by atoms with E-state index in [0.717, 1.165) is 7.11 Å². The van der Waals surface area contributed by atoms with Crippen LogP contribution in [0.1, 0.15) is 15.9 Å². The zero-order valence-corrected chi connectivity index (χ0v) is 7.60. The highest BCUT2D eigenvalue weighted by Gasteiger charge is 2.20. The van der Waals surface area contributed by atoms with Crippen molar-refractivity contribution in [2.75, 3.05) is 7.11 Å². The van der Waals surface area contributed by atoms with Crippen molar-refractivity contribution in [1.82, 2.24) is 0 Å². The Bertz CT molecular complexity index is 388. The molecule has 76 valence electrons. The van der Waals surface area contributed by atoms with Crippen molar-refractivity contribution >= 4 is 5.97 Å². The fourth-order valence-electron chi connectivity index (χ4n) is 1.09. The number of rotatable bonds is 2. The molecule has 1 aromatic carbocycles. The van der Waals surface area contributed by atoms with Crippen LogP contribution in [0.15, 0.2) is 6.07 Å². The first-order valence-electron chi connectivity index (χ1n) is 3.75. The number of carbonyl (C=O) groups is 1. The molecule has 3 nitrogen and oxygen atoms in total. The molecule has 0 saturated carbocycles. The Hall–Kier alpha value is -1.65.